The van der Waals surface area contributed by atoms with Gasteiger partial charge in [-0.15, -0.1) is 0 Å². The number of piperazine rings is 1. The van der Waals surface area contributed by atoms with Crippen molar-refractivity contribution in [2.75, 3.05) is 19.6 Å². The fraction of sp³-hybridized carbons (Fsp3) is 0.417. The van der Waals surface area contributed by atoms with Crippen molar-refractivity contribution in [3.63, 3.8) is 0 Å². The van der Waals surface area contributed by atoms with Crippen LogP contribution in [0.15, 0.2) is 12.1 Å². The largest absolute Gasteiger partial charge is 0.333 e. The molecular weight excluding hydrogens is 272 g/mol. The molecule has 0 bridgehead atoms. The van der Waals surface area contributed by atoms with Gasteiger partial charge in [0, 0.05) is 25.7 Å². The van der Waals surface area contributed by atoms with Gasteiger partial charge in [0.05, 0.1) is 11.0 Å². The summed E-state index contributed by atoms with van der Waals surface area (Å²) in [5, 5.41) is 14.0. The zero-order chi connectivity index (χ0) is 14.9. The first-order chi connectivity index (χ1) is 9.41. The Kier molecular flexibility index (Phi) is 3.93. The van der Waals surface area contributed by atoms with Gasteiger partial charge in [-0.2, -0.15) is 0 Å². The lowest BCUT2D eigenvalue weighted by molar-refractivity contribution is -0.385. The summed E-state index contributed by atoms with van der Waals surface area (Å²) in [5.74, 6) is -3.28. The third-order valence-corrected chi connectivity index (χ3v) is 3.23. The molecule has 2 rings (SSSR count). The minimum Gasteiger partial charge on any atom is -0.333 e. The molecule has 0 unspecified atom stereocenters. The van der Waals surface area contributed by atoms with E-state index in [2.05, 4.69) is 5.32 Å². The molecule has 0 aromatic heterocycles. The van der Waals surface area contributed by atoms with Crippen molar-refractivity contribution >= 4 is 11.6 Å². The average molecular weight is 285 g/mol. The van der Waals surface area contributed by atoms with Gasteiger partial charge in [0.2, 0.25) is 0 Å². The number of nitrogens with one attached hydrogen (secondary N) is 1. The summed E-state index contributed by atoms with van der Waals surface area (Å²) in [6, 6.07) is 0.851. The fourth-order valence-corrected chi connectivity index (χ4v) is 2.16. The summed E-state index contributed by atoms with van der Waals surface area (Å²) >= 11 is 0. The van der Waals surface area contributed by atoms with Crippen LogP contribution in [0.1, 0.15) is 17.3 Å². The Morgan fingerprint density at radius 1 is 1.45 bits per heavy atom. The highest BCUT2D eigenvalue weighted by molar-refractivity contribution is 5.98. The predicted molar refractivity (Wildman–Crippen MR) is 66.4 cm³/mol. The van der Waals surface area contributed by atoms with Crippen LogP contribution >= 0.6 is 0 Å². The molecular formula is C12H13F2N3O3. The van der Waals surface area contributed by atoms with E-state index in [0.29, 0.717) is 31.8 Å². The van der Waals surface area contributed by atoms with Crippen molar-refractivity contribution < 1.29 is 18.5 Å². The molecule has 1 N–H and O–H groups in total. The standard InChI is InChI=1S/C12H13F2N3O3/c1-7-6-15-2-3-16(7)12(18)8-4-9(13)10(14)5-11(8)17(19)20/h4-5,7,15H,2-3,6H2,1H3/t7-/m1/s1. The second-order valence-corrected chi connectivity index (χ2v) is 4.59. The molecule has 0 aliphatic carbocycles. The summed E-state index contributed by atoms with van der Waals surface area (Å²) in [5.41, 5.74) is -1.15. The van der Waals surface area contributed by atoms with Crippen LogP contribution in [0.4, 0.5) is 14.5 Å². The van der Waals surface area contributed by atoms with Crippen molar-refractivity contribution in [3.8, 4) is 0 Å². The first kappa shape index (κ1) is 14.3. The van der Waals surface area contributed by atoms with Crippen LogP contribution in [-0.4, -0.2) is 41.4 Å². The van der Waals surface area contributed by atoms with Crippen LogP contribution in [0.2, 0.25) is 0 Å². The topological polar surface area (TPSA) is 75.5 Å². The Labute approximate surface area is 113 Å². The molecule has 20 heavy (non-hydrogen) atoms. The molecule has 1 fully saturated rings. The smallest absolute Gasteiger partial charge is 0.285 e. The minimum absolute atomic E-state index is 0.177. The van der Waals surface area contributed by atoms with Gasteiger partial charge in [-0.3, -0.25) is 14.9 Å². The van der Waals surface area contributed by atoms with Gasteiger partial charge < -0.3 is 10.2 Å². The van der Waals surface area contributed by atoms with E-state index >= 15 is 0 Å². The van der Waals surface area contributed by atoms with Crippen molar-refractivity contribution in [3.05, 3.63) is 39.4 Å². The van der Waals surface area contributed by atoms with Gasteiger partial charge in [0.15, 0.2) is 11.6 Å². The molecule has 0 spiro atoms. The molecule has 1 heterocycles. The zero-order valence-electron chi connectivity index (χ0n) is 10.7. The van der Waals surface area contributed by atoms with E-state index in [1.165, 1.54) is 4.90 Å². The number of hydrogen-bond donors (Lipinski definition) is 1. The normalized spacial score (nSPS) is 18.9. The maximum Gasteiger partial charge on any atom is 0.285 e. The number of carbonyl (C=O) groups is 1. The SMILES string of the molecule is C[C@@H]1CNCCN1C(=O)c1cc(F)c(F)cc1[N+](=O)[O-]. The highest BCUT2D eigenvalue weighted by atomic mass is 19.2. The summed E-state index contributed by atoms with van der Waals surface area (Å²) < 4.78 is 26.4. The number of rotatable bonds is 2. The summed E-state index contributed by atoms with van der Waals surface area (Å²) in [7, 11) is 0. The molecule has 1 aromatic rings. The van der Waals surface area contributed by atoms with Crippen molar-refractivity contribution in [1.82, 2.24) is 10.2 Å². The quantitative estimate of drug-likeness (QED) is 0.656. The average Bonchev–Trinajstić information content (AvgIpc) is 2.41. The minimum atomic E-state index is -1.35. The van der Waals surface area contributed by atoms with Gasteiger partial charge >= 0.3 is 0 Å². The number of nitro groups is 1. The first-order valence-corrected chi connectivity index (χ1v) is 6.07. The van der Waals surface area contributed by atoms with Crippen LogP contribution in [0.25, 0.3) is 0 Å². The summed E-state index contributed by atoms with van der Waals surface area (Å²) in [6.07, 6.45) is 0. The second kappa shape index (κ2) is 5.49. The Morgan fingerprint density at radius 3 is 2.70 bits per heavy atom. The molecule has 1 aliphatic rings. The van der Waals surface area contributed by atoms with E-state index in [4.69, 9.17) is 0 Å². The number of nitrogens with zero attached hydrogens (tertiary/aromatic N) is 2. The van der Waals surface area contributed by atoms with Crippen LogP contribution in [0, 0.1) is 21.7 Å². The Balaban J connectivity index is 2.42. The number of amides is 1. The molecule has 8 heteroatoms. The second-order valence-electron chi connectivity index (χ2n) is 4.59. The lowest BCUT2D eigenvalue weighted by Gasteiger charge is -2.33. The van der Waals surface area contributed by atoms with Gasteiger partial charge in [-0.05, 0) is 13.0 Å². The van der Waals surface area contributed by atoms with E-state index in [1.54, 1.807) is 6.92 Å². The van der Waals surface area contributed by atoms with Gasteiger partial charge in [-0.25, -0.2) is 8.78 Å². The van der Waals surface area contributed by atoms with Crippen LogP contribution in [0.3, 0.4) is 0 Å². The lowest BCUT2D eigenvalue weighted by Crippen LogP contribution is -2.52. The van der Waals surface area contributed by atoms with Crippen molar-refractivity contribution in [1.29, 1.82) is 0 Å². The van der Waals surface area contributed by atoms with Crippen LogP contribution in [0.5, 0.6) is 0 Å². The maximum atomic E-state index is 13.3. The number of halogens is 2. The molecule has 1 amide bonds. The number of carbonyl (C=O) groups excluding carboxylic acids is 1. The molecule has 1 atom stereocenters. The highest BCUT2D eigenvalue weighted by Crippen LogP contribution is 2.24. The molecule has 6 nitrogen and oxygen atoms in total. The Hall–Kier alpha value is -2.09. The molecule has 1 aromatic carbocycles. The Bertz CT molecular complexity index is 565. The predicted octanol–water partition coefficient (Wildman–Crippen LogP) is 1.31. The summed E-state index contributed by atoms with van der Waals surface area (Å²) in [6.45, 7) is 3.22. The lowest BCUT2D eigenvalue weighted by atomic mass is 10.1. The number of hydrogen-bond acceptors (Lipinski definition) is 4. The number of nitro benzene ring substituents is 1. The first-order valence-electron chi connectivity index (χ1n) is 6.07. The van der Waals surface area contributed by atoms with E-state index in [1.807, 2.05) is 0 Å². The van der Waals surface area contributed by atoms with E-state index < -0.39 is 33.7 Å². The molecule has 1 aliphatic heterocycles. The molecule has 0 saturated carbocycles. The highest BCUT2D eigenvalue weighted by Gasteiger charge is 2.30. The summed E-state index contributed by atoms with van der Waals surface area (Å²) in [4.78, 5) is 23.7. The third kappa shape index (κ3) is 2.60. The maximum absolute atomic E-state index is 13.3. The van der Waals surface area contributed by atoms with Crippen LogP contribution in [-0.2, 0) is 0 Å². The molecule has 108 valence electrons. The van der Waals surface area contributed by atoms with Crippen molar-refractivity contribution in [2.45, 2.75) is 13.0 Å². The fourth-order valence-electron chi connectivity index (χ4n) is 2.16. The van der Waals surface area contributed by atoms with E-state index in [-0.39, 0.29) is 6.04 Å². The zero-order valence-corrected chi connectivity index (χ0v) is 10.7. The number of benzene rings is 1. The van der Waals surface area contributed by atoms with Crippen molar-refractivity contribution in [2.24, 2.45) is 0 Å². The molecule has 1 saturated heterocycles. The third-order valence-electron chi connectivity index (χ3n) is 3.23. The monoisotopic (exact) mass is 285 g/mol. The Morgan fingerprint density at radius 2 is 2.10 bits per heavy atom. The van der Waals surface area contributed by atoms with Gasteiger partial charge in [-0.1, -0.05) is 0 Å². The van der Waals surface area contributed by atoms with Crippen LogP contribution < -0.4 is 5.32 Å². The molecule has 0 radical (unpaired) electrons. The van der Waals surface area contributed by atoms with Gasteiger partial charge in [0.25, 0.3) is 11.6 Å². The van der Waals surface area contributed by atoms with E-state index in [9.17, 15) is 23.7 Å². The van der Waals surface area contributed by atoms with Gasteiger partial charge in [0.1, 0.15) is 5.56 Å². The van der Waals surface area contributed by atoms with E-state index in [0.717, 1.165) is 0 Å².